The minimum atomic E-state index is -0.179. The van der Waals surface area contributed by atoms with Gasteiger partial charge in [-0.15, -0.1) is 0 Å². The van der Waals surface area contributed by atoms with E-state index in [0.717, 1.165) is 25.0 Å². The molecule has 0 aliphatic carbocycles. The fourth-order valence-corrected chi connectivity index (χ4v) is 2.92. The number of amides is 1. The second kappa shape index (κ2) is 8.64. The van der Waals surface area contributed by atoms with Gasteiger partial charge in [0.1, 0.15) is 17.3 Å². The first-order valence-electron chi connectivity index (χ1n) is 9.10. The molecule has 142 valence electrons. The molecule has 2 aromatic heterocycles. The molecule has 0 spiro atoms. The predicted octanol–water partition coefficient (Wildman–Crippen LogP) is 2.21. The number of aromatic nitrogens is 3. The van der Waals surface area contributed by atoms with Crippen LogP contribution in [0.15, 0.2) is 36.5 Å². The van der Waals surface area contributed by atoms with Crippen molar-refractivity contribution in [1.82, 2.24) is 25.2 Å². The van der Waals surface area contributed by atoms with Crippen molar-refractivity contribution in [1.29, 1.82) is 0 Å². The number of rotatable bonds is 8. The molecule has 27 heavy (non-hydrogen) atoms. The summed E-state index contributed by atoms with van der Waals surface area (Å²) >= 11 is 0. The Labute approximate surface area is 159 Å². The van der Waals surface area contributed by atoms with Gasteiger partial charge in [-0.3, -0.25) is 4.79 Å². The van der Waals surface area contributed by atoms with Crippen molar-refractivity contribution in [3.8, 4) is 0 Å². The molecule has 0 saturated heterocycles. The summed E-state index contributed by atoms with van der Waals surface area (Å²) in [6.45, 7) is 3.88. The van der Waals surface area contributed by atoms with Gasteiger partial charge in [0, 0.05) is 42.8 Å². The Kier molecular flexibility index (Phi) is 6.03. The molecule has 7 nitrogen and oxygen atoms in total. The normalized spacial score (nSPS) is 11.1. The Bertz CT molecular complexity index is 918. The number of aromatic amines is 1. The molecule has 2 heterocycles. The SMILES string of the molecule is Cc1nc(NCCc2c[nH]c3ccccc23)cc(C(=O)NCCN(C)C)n1. The quantitative estimate of drug-likeness (QED) is 0.569. The van der Waals surface area contributed by atoms with E-state index in [1.807, 2.05) is 37.3 Å². The van der Waals surface area contributed by atoms with Gasteiger partial charge in [-0.05, 0) is 39.1 Å². The van der Waals surface area contributed by atoms with Crippen LogP contribution in [0.5, 0.6) is 0 Å². The van der Waals surface area contributed by atoms with Crippen molar-refractivity contribution < 1.29 is 4.79 Å². The molecule has 3 N–H and O–H groups in total. The summed E-state index contributed by atoms with van der Waals surface area (Å²) in [7, 11) is 3.94. The number of hydrogen-bond acceptors (Lipinski definition) is 5. The lowest BCUT2D eigenvalue weighted by Crippen LogP contribution is -2.32. The van der Waals surface area contributed by atoms with E-state index in [0.29, 0.717) is 23.9 Å². The molecule has 0 unspecified atom stereocenters. The molecule has 0 atom stereocenters. The number of nitrogens with zero attached hydrogens (tertiary/aromatic N) is 3. The standard InChI is InChI=1S/C20H26N6O/c1-14-24-18(20(27)22-10-11-26(2)3)12-19(25-14)21-9-8-15-13-23-17-7-5-4-6-16(15)17/h4-7,12-13,23H,8-11H2,1-3H3,(H,22,27)(H,21,24,25). The summed E-state index contributed by atoms with van der Waals surface area (Å²) in [6, 6.07) is 9.96. The van der Waals surface area contributed by atoms with Gasteiger partial charge in [-0.2, -0.15) is 0 Å². The van der Waals surface area contributed by atoms with Crippen LogP contribution < -0.4 is 10.6 Å². The molecule has 3 aromatic rings. The highest BCUT2D eigenvalue weighted by atomic mass is 16.1. The highest BCUT2D eigenvalue weighted by molar-refractivity contribution is 5.92. The first-order chi connectivity index (χ1) is 13.0. The number of likely N-dealkylation sites (N-methyl/N-ethyl adjacent to an activating group) is 1. The fraction of sp³-hybridized carbons (Fsp3) is 0.350. The van der Waals surface area contributed by atoms with E-state index in [-0.39, 0.29) is 5.91 Å². The zero-order valence-electron chi connectivity index (χ0n) is 16.0. The second-order valence-corrected chi connectivity index (χ2v) is 6.78. The molecule has 7 heteroatoms. The van der Waals surface area contributed by atoms with Gasteiger partial charge < -0.3 is 20.5 Å². The maximum atomic E-state index is 12.3. The largest absolute Gasteiger partial charge is 0.370 e. The van der Waals surface area contributed by atoms with Gasteiger partial charge >= 0.3 is 0 Å². The topological polar surface area (TPSA) is 85.9 Å². The average Bonchev–Trinajstić information content (AvgIpc) is 3.04. The van der Waals surface area contributed by atoms with E-state index in [9.17, 15) is 4.79 Å². The number of hydrogen-bond donors (Lipinski definition) is 3. The monoisotopic (exact) mass is 366 g/mol. The Hall–Kier alpha value is -2.93. The van der Waals surface area contributed by atoms with Crippen LogP contribution in [0, 0.1) is 6.92 Å². The van der Waals surface area contributed by atoms with Crippen molar-refractivity contribution in [2.24, 2.45) is 0 Å². The molecular weight excluding hydrogens is 340 g/mol. The minimum absolute atomic E-state index is 0.179. The highest BCUT2D eigenvalue weighted by Gasteiger charge is 2.10. The number of fused-ring (bicyclic) bond motifs is 1. The third kappa shape index (κ3) is 5.04. The molecule has 0 bridgehead atoms. The summed E-state index contributed by atoms with van der Waals surface area (Å²) in [5, 5.41) is 7.42. The van der Waals surface area contributed by atoms with Crippen molar-refractivity contribution in [2.45, 2.75) is 13.3 Å². The zero-order valence-corrected chi connectivity index (χ0v) is 16.0. The summed E-state index contributed by atoms with van der Waals surface area (Å²) in [6.07, 6.45) is 2.90. The summed E-state index contributed by atoms with van der Waals surface area (Å²) in [4.78, 5) is 26.2. The summed E-state index contributed by atoms with van der Waals surface area (Å²) in [5.74, 6) is 1.06. The van der Waals surface area contributed by atoms with E-state index < -0.39 is 0 Å². The average molecular weight is 366 g/mol. The predicted molar refractivity (Wildman–Crippen MR) is 108 cm³/mol. The fourth-order valence-electron chi connectivity index (χ4n) is 2.92. The number of nitrogens with one attached hydrogen (secondary N) is 3. The Morgan fingerprint density at radius 1 is 1.19 bits per heavy atom. The maximum absolute atomic E-state index is 12.3. The Balaban J connectivity index is 1.60. The lowest BCUT2D eigenvalue weighted by Gasteiger charge is -2.11. The number of H-pyrrole nitrogens is 1. The Morgan fingerprint density at radius 2 is 2.00 bits per heavy atom. The van der Waals surface area contributed by atoms with Crippen LogP contribution in [-0.4, -0.2) is 59.5 Å². The van der Waals surface area contributed by atoms with Crippen LogP contribution in [-0.2, 0) is 6.42 Å². The smallest absolute Gasteiger partial charge is 0.270 e. The molecule has 1 amide bonds. The second-order valence-electron chi connectivity index (χ2n) is 6.78. The van der Waals surface area contributed by atoms with Gasteiger partial charge in [0.15, 0.2) is 0 Å². The molecule has 1 aromatic carbocycles. The molecule has 3 rings (SSSR count). The van der Waals surface area contributed by atoms with Crippen molar-refractivity contribution in [3.05, 3.63) is 53.6 Å². The number of para-hydroxylation sites is 1. The molecule has 0 fully saturated rings. The maximum Gasteiger partial charge on any atom is 0.270 e. The van der Waals surface area contributed by atoms with Gasteiger partial charge in [0.2, 0.25) is 0 Å². The highest BCUT2D eigenvalue weighted by Crippen LogP contribution is 2.18. The van der Waals surface area contributed by atoms with Gasteiger partial charge in [-0.25, -0.2) is 9.97 Å². The molecular formula is C20H26N6O. The van der Waals surface area contributed by atoms with Gasteiger partial charge in [0.05, 0.1) is 0 Å². The van der Waals surface area contributed by atoms with Crippen LogP contribution in [0.3, 0.4) is 0 Å². The number of carbonyl (C=O) groups excluding carboxylic acids is 1. The third-order valence-corrected chi connectivity index (χ3v) is 4.29. The van der Waals surface area contributed by atoms with Gasteiger partial charge in [-0.1, -0.05) is 18.2 Å². The van der Waals surface area contributed by atoms with E-state index in [1.54, 1.807) is 13.0 Å². The number of carbonyl (C=O) groups is 1. The molecule has 0 radical (unpaired) electrons. The molecule has 0 saturated carbocycles. The van der Waals surface area contributed by atoms with Crippen LogP contribution in [0.25, 0.3) is 10.9 Å². The first kappa shape index (κ1) is 18.8. The first-order valence-corrected chi connectivity index (χ1v) is 9.10. The van der Waals surface area contributed by atoms with Crippen LogP contribution in [0.1, 0.15) is 21.9 Å². The third-order valence-electron chi connectivity index (χ3n) is 4.29. The van der Waals surface area contributed by atoms with Crippen LogP contribution in [0.2, 0.25) is 0 Å². The number of benzene rings is 1. The lowest BCUT2D eigenvalue weighted by molar-refractivity contribution is 0.0945. The van der Waals surface area contributed by atoms with E-state index in [2.05, 4.69) is 37.7 Å². The van der Waals surface area contributed by atoms with Crippen LogP contribution >= 0.6 is 0 Å². The number of aryl methyl sites for hydroxylation is 1. The van der Waals surface area contributed by atoms with Crippen molar-refractivity contribution in [2.75, 3.05) is 39.0 Å². The zero-order chi connectivity index (χ0) is 19.2. The Morgan fingerprint density at radius 3 is 2.81 bits per heavy atom. The summed E-state index contributed by atoms with van der Waals surface area (Å²) in [5.41, 5.74) is 2.78. The van der Waals surface area contributed by atoms with Crippen molar-refractivity contribution >= 4 is 22.6 Å². The molecule has 0 aliphatic rings. The van der Waals surface area contributed by atoms with Gasteiger partial charge in [0.25, 0.3) is 5.91 Å². The minimum Gasteiger partial charge on any atom is -0.370 e. The number of anilines is 1. The van der Waals surface area contributed by atoms with E-state index in [1.165, 1.54) is 10.9 Å². The lowest BCUT2D eigenvalue weighted by atomic mass is 10.1. The van der Waals surface area contributed by atoms with E-state index in [4.69, 9.17) is 0 Å². The van der Waals surface area contributed by atoms with Crippen LogP contribution in [0.4, 0.5) is 5.82 Å². The van der Waals surface area contributed by atoms with E-state index >= 15 is 0 Å². The van der Waals surface area contributed by atoms with Crippen molar-refractivity contribution in [3.63, 3.8) is 0 Å². The molecule has 0 aliphatic heterocycles. The summed E-state index contributed by atoms with van der Waals surface area (Å²) < 4.78 is 0.